The van der Waals surface area contributed by atoms with E-state index in [1.165, 1.54) is 10.6 Å². The minimum Gasteiger partial charge on any atom is -0.448 e. The number of nitrogens with one attached hydrogen (secondary N) is 2. The quantitative estimate of drug-likeness (QED) is 0.302. The highest BCUT2D eigenvalue weighted by Crippen LogP contribution is 2.21. The lowest BCUT2D eigenvalue weighted by Gasteiger charge is -2.08. The van der Waals surface area contributed by atoms with Gasteiger partial charge in [0, 0.05) is 12.7 Å². The van der Waals surface area contributed by atoms with Gasteiger partial charge in [0.15, 0.2) is 10.8 Å². The number of fused-ring (bicyclic) bond motifs is 1. The molecule has 21 heavy (non-hydrogen) atoms. The summed E-state index contributed by atoms with van der Waals surface area (Å²) < 4.78 is 32.7. The lowest BCUT2D eigenvalue weighted by molar-refractivity contribution is 0.159. The molecule has 0 atom stereocenters. The Balaban J connectivity index is 2.29. The van der Waals surface area contributed by atoms with Crippen LogP contribution in [0.4, 0.5) is 10.6 Å². The van der Waals surface area contributed by atoms with Gasteiger partial charge in [-0.1, -0.05) is 6.07 Å². The topological polar surface area (TPSA) is 154 Å². The number of nitrogens with two attached hydrogens (primary N) is 2. The first-order chi connectivity index (χ1) is 9.95. The summed E-state index contributed by atoms with van der Waals surface area (Å²) in [6.07, 6.45) is 0.561. The number of imidazole rings is 1. The fourth-order valence-corrected chi connectivity index (χ4v) is 2.98. The smallest absolute Gasteiger partial charge is 0.404 e. The first-order valence-electron chi connectivity index (χ1n) is 5.81. The Morgan fingerprint density at radius 2 is 2.19 bits per heavy atom. The molecule has 114 valence electrons. The fourth-order valence-electron chi connectivity index (χ4n) is 1.72. The van der Waals surface area contributed by atoms with Crippen molar-refractivity contribution in [1.82, 2.24) is 14.1 Å². The Bertz CT molecular complexity index is 756. The summed E-state index contributed by atoms with van der Waals surface area (Å²) >= 11 is 0. The van der Waals surface area contributed by atoms with Gasteiger partial charge < -0.3 is 15.9 Å². The minimum absolute atomic E-state index is 0.00418. The van der Waals surface area contributed by atoms with Crippen molar-refractivity contribution in [3.05, 3.63) is 24.4 Å². The number of anilines is 1. The van der Waals surface area contributed by atoms with Crippen LogP contribution >= 0.6 is 0 Å². The van der Waals surface area contributed by atoms with E-state index in [-0.39, 0.29) is 24.0 Å². The number of rotatable bonds is 6. The normalized spacial score (nSPS) is 11.5. The maximum absolute atomic E-state index is 12.3. The van der Waals surface area contributed by atoms with E-state index in [4.69, 9.17) is 11.6 Å². The molecule has 0 bridgehead atoms. The van der Waals surface area contributed by atoms with Crippen LogP contribution in [0.1, 0.15) is 0 Å². The molecule has 6 N–H and O–H groups in total. The number of ether oxygens (including phenoxy) is 1. The van der Waals surface area contributed by atoms with Crippen molar-refractivity contribution in [2.45, 2.75) is 5.03 Å². The highest BCUT2D eigenvalue weighted by atomic mass is 32.2. The molecule has 10 nitrogen and oxygen atoms in total. The third kappa shape index (κ3) is 3.21. The zero-order chi connectivity index (χ0) is 15.5. The molecule has 0 aliphatic heterocycles. The number of nitrogen functional groups attached to an aromatic ring is 1. The number of hydrogen-bond acceptors (Lipinski definition) is 7. The Labute approximate surface area is 120 Å². The molecule has 2 rings (SSSR count). The van der Waals surface area contributed by atoms with Crippen molar-refractivity contribution in [3.63, 3.8) is 0 Å². The second-order valence-electron chi connectivity index (χ2n) is 3.90. The largest absolute Gasteiger partial charge is 0.448 e. The molecule has 0 saturated carbocycles. The third-order valence-corrected chi connectivity index (χ3v) is 4.00. The lowest BCUT2D eigenvalue weighted by atomic mass is 10.5. The van der Waals surface area contributed by atoms with Crippen LogP contribution in [0.3, 0.4) is 0 Å². The van der Waals surface area contributed by atoms with Crippen LogP contribution in [0.5, 0.6) is 0 Å². The number of carbonyl (C=O) groups is 1. The van der Waals surface area contributed by atoms with Gasteiger partial charge in [-0.25, -0.2) is 28.8 Å². The van der Waals surface area contributed by atoms with Crippen LogP contribution in [0.2, 0.25) is 0 Å². The molecule has 0 fully saturated rings. The highest BCUT2D eigenvalue weighted by molar-refractivity contribution is 7.89. The Hall–Kier alpha value is -2.37. The van der Waals surface area contributed by atoms with Gasteiger partial charge >= 0.3 is 6.09 Å². The summed E-state index contributed by atoms with van der Waals surface area (Å²) in [6.45, 7) is -0.313. The molecule has 0 aromatic carbocycles. The lowest BCUT2D eigenvalue weighted by Crippen LogP contribution is -2.30. The van der Waals surface area contributed by atoms with Crippen molar-refractivity contribution in [1.29, 1.82) is 0 Å². The molecule has 0 unspecified atom stereocenters. The zero-order valence-electron chi connectivity index (χ0n) is 10.8. The number of hydrazine groups is 1. The van der Waals surface area contributed by atoms with E-state index in [0.29, 0.717) is 5.65 Å². The number of carbonyl (C=O) groups excluding carboxylic acids is 1. The molecule has 1 amide bonds. The monoisotopic (exact) mass is 314 g/mol. The summed E-state index contributed by atoms with van der Waals surface area (Å²) in [7, 11) is -3.91. The summed E-state index contributed by atoms with van der Waals surface area (Å²) in [5, 5.41) is -0.139. The first kappa shape index (κ1) is 15.0. The number of aromatic nitrogens is 2. The zero-order valence-corrected chi connectivity index (χ0v) is 11.6. The van der Waals surface area contributed by atoms with E-state index in [9.17, 15) is 13.2 Å². The van der Waals surface area contributed by atoms with Gasteiger partial charge in [-0.2, -0.15) is 0 Å². The van der Waals surface area contributed by atoms with Gasteiger partial charge in [0.2, 0.25) is 0 Å². The summed E-state index contributed by atoms with van der Waals surface area (Å²) in [4.78, 5) is 14.5. The van der Waals surface area contributed by atoms with E-state index in [1.807, 2.05) is 0 Å². The highest BCUT2D eigenvalue weighted by Gasteiger charge is 2.24. The molecule has 2 aromatic rings. The molecule has 0 spiro atoms. The fraction of sp³-hybridized carbons (Fsp3) is 0.200. The molecule has 2 aromatic heterocycles. The van der Waals surface area contributed by atoms with Gasteiger partial charge in [-0.05, 0) is 12.1 Å². The van der Waals surface area contributed by atoms with E-state index in [2.05, 4.69) is 19.9 Å². The van der Waals surface area contributed by atoms with Gasteiger partial charge in [-0.3, -0.25) is 4.40 Å². The van der Waals surface area contributed by atoms with Crippen molar-refractivity contribution in [2.75, 3.05) is 18.6 Å². The summed E-state index contributed by atoms with van der Waals surface area (Å²) in [6, 6.07) is 5.01. The number of sulfonamides is 1. The molecule has 0 saturated heterocycles. The van der Waals surface area contributed by atoms with Crippen LogP contribution in [-0.2, 0) is 14.8 Å². The van der Waals surface area contributed by atoms with E-state index in [1.54, 1.807) is 18.2 Å². The maximum Gasteiger partial charge on any atom is 0.404 e. The van der Waals surface area contributed by atoms with Crippen molar-refractivity contribution < 1.29 is 17.9 Å². The van der Waals surface area contributed by atoms with Crippen LogP contribution in [-0.4, -0.2) is 37.0 Å². The van der Waals surface area contributed by atoms with Crippen LogP contribution < -0.4 is 21.7 Å². The average Bonchev–Trinajstić information content (AvgIpc) is 2.82. The molecule has 2 heterocycles. The second kappa shape index (κ2) is 5.95. The minimum atomic E-state index is -3.91. The number of primary amides is 1. The number of hydrogen-bond donors (Lipinski definition) is 4. The van der Waals surface area contributed by atoms with Gasteiger partial charge in [0.05, 0.1) is 0 Å². The van der Waals surface area contributed by atoms with Crippen LogP contribution in [0.15, 0.2) is 29.4 Å². The molecular formula is C10H14N6O4S. The van der Waals surface area contributed by atoms with Gasteiger partial charge in [0.1, 0.15) is 12.3 Å². The molecular weight excluding hydrogens is 300 g/mol. The molecule has 11 heteroatoms. The standard InChI is InChI=1S/C10H14N6O4S/c11-10(17)20-6-4-13-21(18,19)9-8(15-12)14-7-3-1-2-5-16(7)9/h1-3,5,13,15H,4,6,12H2,(H2,11,17). The number of nitrogens with zero attached hydrogens (tertiary/aromatic N) is 2. The Kier molecular flexibility index (Phi) is 4.26. The van der Waals surface area contributed by atoms with E-state index < -0.39 is 16.1 Å². The van der Waals surface area contributed by atoms with E-state index in [0.717, 1.165) is 0 Å². The molecule has 0 aliphatic rings. The van der Waals surface area contributed by atoms with E-state index >= 15 is 0 Å². The number of pyridine rings is 1. The van der Waals surface area contributed by atoms with Crippen molar-refractivity contribution in [3.8, 4) is 0 Å². The predicted molar refractivity (Wildman–Crippen MR) is 73.7 cm³/mol. The first-order valence-corrected chi connectivity index (χ1v) is 7.29. The number of amides is 1. The Morgan fingerprint density at radius 1 is 1.43 bits per heavy atom. The average molecular weight is 314 g/mol. The van der Waals surface area contributed by atoms with Crippen molar-refractivity contribution >= 4 is 27.6 Å². The molecule has 0 aliphatic carbocycles. The molecule has 0 radical (unpaired) electrons. The summed E-state index contributed by atoms with van der Waals surface area (Å²) in [5.74, 6) is 5.31. The maximum atomic E-state index is 12.3. The third-order valence-electron chi connectivity index (χ3n) is 2.52. The van der Waals surface area contributed by atoms with Crippen molar-refractivity contribution in [2.24, 2.45) is 11.6 Å². The van der Waals surface area contributed by atoms with Crippen LogP contribution in [0.25, 0.3) is 5.65 Å². The van der Waals surface area contributed by atoms with Crippen LogP contribution in [0, 0.1) is 0 Å². The van der Waals surface area contributed by atoms with Gasteiger partial charge in [-0.15, -0.1) is 0 Å². The SMILES string of the molecule is NNc1nc2ccccn2c1S(=O)(=O)NCCOC(N)=O. The Morgan fingerprint density at radius 3 is 2.86 bits per heavy atom. The van der Waals surface area contributed by atoms with Gasteiger partial charge in [0.25, 0.3) is 10.0 Å². The predicted octanol–water partition coefficient (Wildman–Crippen LogP) is -1.01. The second-order valence-corrected chi connectivity index (χ2v) is 5.59. The summed E-state index contributed by atoms with van der Waals surface area (Å²) in [5.41, 5.74) is 7.44.